The third-order valence-corrected chi connectivity index (χ3v) is 4.54. The number of nitrogens with zero attached hydrogens (tertiary/aromatic N) is 2. The van der Waals surface area contributed by atoms with E-state index in [-0.39, 0.29) is 29.9 Å². The summed E-state index contributed by atoms with van der Waals surface area (Å²) in [6.07, 6.45) is 4.62. The number of ether oxygens (including phenoxy) is 1. The van der Waals surface area contributed by atoms with E-state index in [1.165, 1.54) is 19.1 Å². The zero-order chi connectivity index (χ0) is 17.2. The second kappa shape index (κ2) is 12.1. The Labute approximate surface area is 168 Å². The van der Waals surface area contributed by atoms with Gasteiger partial charge in [0.05, 0.1) is 7.11 Å². The van der Waals surface area contributed by atoms with Gasteiger partial charge in [-0.3, -0.25) is 9.79 Å². The van der Waals surface area contributed by atoms with Crippen LogP contribution in [0.1, 0.15) is 43.6 Å². The number of rotatable bonds is 7. The minimum atomic E-state index is -0.122. The Kier molecular flexibility index (Phi) is 10.5. The first-order valence-electron chi connectivity index (χ1n) is 8.82. The number of aliphatic imine (C=N–C) groups is 1. The van der Waals surface area contributed by atoms with Gasteiger partial charge in [-0.15, -0.1) is 24.0 Å². The molecule has 5 nitrogen and oxygen atoms in total. The third-order valence-electron chi connectivity index (χ3n) is 4.54. The zero-order valence-corrected chi connectivity index (χ0v) is 17.6. The highest BCUT2D eigenvalue weighted by molar-refractivity contribution is 14.0. The predicted octanol–water partition coefficient (Wildman–Crippen LogP) is 3.40. The fraction of sp³-hybridized carbons (Fsp3) is 0.579. The minimum Gasteiger partial charge on any atom is -0.469 e. The van der Waals surface area contributed by atoms with E-state index >= 15 is 0 Å². The molecule has 1 atom stereocenters. The number of methoxy groups -OCH3 is 1. The van der Waals surface area contributed by atoms with Gasteiger partial charge in [0.15, 0.2) is 5.96 Å². The van der Waals surface area contributed by atoms with Gasteiger partial charge in [0, 0.05) is 39.0 Å². The number of hydrogen-bond donors (Lipinski definition) is 1. The van der Waals surface area contributed by atoms with Crippen LogP contribution in [0, 0.1) is 0 Å². The lowest BCUT2D eigenvalue weighted by Crippen LogP contribution is -2.40. The molecule has 0 bridgehead atoms. The van der Waals surface area contributed by atoms with Crippen molar-refractivity contribution in [3.05, 3.63) is 35.9 Å². The first-order valence-corrected chi connectivity index (χ1v) is 8.82. The highest BCUT2D eigenvalue weighted by Gasteiger charge is 2.25. The summed E-state index contributed by atoms with van der Waals surface area (Å²) in [4.78, 5) is 17.8. The number of nitrogens with one attached hydrogen (secondary N) is 1. The fourth-order valence-electron chi connectivity index (χ4n) is 3.16. The number of carbonyl (C=O) groups is 1. The van der Waals surface area contributed by atoms with E-state index in [1.54, 1.807) is 0 Å². The van der Waals surface area contributed by atoms with Gasteiger partial charge in [-0.05, 0) is 24.8 Å². The summed E-state index contributed by atoms with van der Waals surface area (Å²) in [5, 5.41) is 3.45. The van der Waals surface area contributed by atoms with Crippen LogP contribution < -0.4 is 5.32 Å². The predicted molar refractivity (Wildman–Crippen MR) is 113 cm³/mol. The molecule has 1 aliphatic heterocycles. The molecule has 1 aromatic carbocycles. The third kappa shape index (κ3) is 7.22. The maximum absolute atomic E-state index is 11.1. The first kappa shape index (κ1) is 21.7. The van der Waals surface area contributed by atoms with E-state index in [1.807, 2.05) is 7.05 Å². The average molecular weight is 459 g/mol. The van der Waals surface area contributed by atoms with E-state index in [0.29, 0.717) is 12.3 Å². The molecule has 2 rings (SSSR count). The zero-order valence-electron chi connectivity index (χ0n) is 15.2. The van der Waals surface area contributed by atoms with E-state index in [0.717, 1.165) is 44.9 Å². The van der Waals surface area contributed by atoms with E-state index in [4.69, 9.17) is 0 Å². The van der Waals surface area contributed by atoms with Crippen LogP contribution in [0.15, 0.2) is 35.3 Å². The summed E-state index contributed by atoms with van der Waals surface area (Å²) in [5.74, 6) is 1.45. The highest BCUT2D eigenvalue weighted by atomic mass is 127. The van der Waals surface area contributed by atoms with E-state index in [9.17, 15) is 4.79 Å². The molecule has 0 amide bonds. The van der Waals surface area contributed by atoms with Gasteiger partial charge < -0.3 is 15.0 Å². The lowest BCUT2D eigenvalue weighted by Gasteiger charge is -2.21. The fourth-order valence-corrected chi connectivity index (χ4v) is 3.16. The van der Waals surface area contributed by atoms with Gasteiger partial charge in [0.25, 0.3) is 0 Å². The molecule has 1 saturated heterocycles. The summed E-state index contributed by atoms with van der Waals surface area (Å²) < 4.78 is 4.65. The van der Waals surface area contributed by atoms with Gasteiger partial charge in [0.2, 0.25) is 0 Å². The van der Waals surface area contributed by atoms with Gasteiger partial charge in [-0.25, -0.2) is 0 Å². The first-order chi connectivity index (χ1) is 11.7. The van der Waals surface area contributed by atoms with Crippen molar-refractivity contribution >= 4 is 35.9 Å². The van der Waals surface area contributed by atoms with Crippen LogP contribution in [0.25, 0.3) is 0 Å². The van der Waals surface area contributed by atoms with Crippen LogP contribution in [-0.4, -0.2) is 50.6 Å². The van der Waals surface area contributed by atoms with Crippen molar-refractivity contribution in [2.75, 3.05) is 33.8 Å². The van der Waals surface area contributed by atoms with Crippen LogP contribution in [0.4, 0.5) is 0 Å². The van der Waals surface area contributed by atoms with Crippen LogP contribution in [0.3, 0.4) is 0 Å². The monoisotopic (exact) mass is 459 g/mol. The highest BCUT2D eigenvalue weighted by Crippen LogP contribution is 2.26. The molecule has 1 unspecified atom stereocenters. The van der Waals surface area contributed by atoms with Crippen molar-refractivity contribution in [1.82, 2.24) is 10.2 Å². The van der Waals surface area contributed by atoms with Gasteiger partial charge in [0.1, 0.15) is 0 Å². The number of esters is 1. The number of hydrogen-bond acceptors (Lipinski definition) is 3. The molecule has 0 aromatic heterocycles. The quantitative estimate of drug-likeness (QED) is 0.223. The molecule has 1 heterocycles. The largest absolute Gasteiger partial charge is 0.469 e. The molecule has 1 N–H and O–H groups in total. The number of guanidine groups is 1. The molecule has 140 valence electrons. The van der Waals surface area contributed by atoms with Gasteiger partial charge in [-0.2, -0.15) is 0 Å². The second-order valence-corrected chi connectivity index (χ2v) is 6.20. The minimum absolute atomic E-state index is 0. The van der Waals surface area contributed by atoms with Crippen molar-refractivity contribution in [3.8, 4) is 0 Å². The number of unbranched alkanes of at least 4 members (excludes halogenated alkanes) is 2. The maximum Gasteiger partial charge on any atom is 0.305 e. The number of halogens is 1. The van der Waals surface area contributed by atoms with Crippen LogP contribution in [-0.2, 0) is 9.53 Å². The Morgan fingerprint density at radius 3 is 2.72 bits per heavy atom. The van der Waals surface area contributed by atoms with Crippen molar-refractivity contribution in [1.29, 1.82) is 0 Å². The summed E-state index contributed by atoms with van der Waals surface area (Å²) in [6, 6.07) is 10.7. The smallest absolute Gasteiger partial charge is 0.305 e. The van der Waals surface area contributed by atoms with Crippen LogP contribution in [0.2, 0.25) is 0 Å². The van der Waals surface area contributed by atoms with Crippen molar-refractivity contribution in [2.45, 2.75) is 38.0 Å². The second-order valence-electron chi connectivity index (χ2n) is 6.20. The molecular weight excluding hydrogens is 429 g/mol. The van der Waals surface area contributed by atoms with E-state index < -0.39 is 0 Å². The standard InChI is InChI=1S/C19H29N3O2.HI/c1-20-19(21-13-8-4-7-11-18(23)24-2)22-14-12-17(15-22)16-9-5-3-6-10-16;/h3,5-6,9-10,17H,4,7-8,11-15H2,1-2H3,(H,20,21);1H. The Bertz CT molecular complexity index is 537. The molecule has 6 heteroatoms. The Morgan fingerprint density at radius 1 is 1.28 bits per heavy atom. The Hall–Kier alpha value is -1.31. The van der Waals surface area contributed by atoms with E-state index in [2.05, 4.69) is 50.3 Å². The van der Waals surface area contributed by atoms with Gasteiger partial charge in [-0.1, -0.05) is 36.8 Å². The number of benzene rings is 1. The summed E-state index contributed by atoms with van der Waals surface area (Å²) in [5.41, 5.74) is 1.42. The molecule has 1 aromatic rings. The SMILES string of the molecule is CN=C(NCCCCCC(=O)OC)N1CCC(c2ccccc2)C1.I. The Balaban J connectivity index is 0.00000312. The van der Waals surface area contributed by atoms with Crippen molar-refractivity contribution in [3.63, 3.8) is 0 Å². The molecule has 0 saturated carbocycles. The molecule has 0 radical (unpaired) electrons. The summed E-state index contributed by atoms with van der Waals surface area (Å²) in [7, 11) is 3.28. The van der Waals surface area contributed by atoms with Crippen molar-refractivity contribution < 1.29 is 9.53 Å². The number of likely N-dealkylation sites (tertiary alicyclic amines) is 1. The lowest BCUT2D eigenvalue weighted by molar-refractivity contribution is -0.140. The molecule has 1 fully saturated rings. The van der Waals surface area contributed by atoms with Gasteiger partial charge >= 0.3 is 5.97 Å². The molecule has 25 heavy (non-hydrogen) atoms. The molecule has 0 aliphatic carbocycles. The average Bonchev–Trinajstić information content (AvgIpc) is 3.11. The molecular formula is C19H30IN3O2. The normalized spacial score (nSPS) is 17.1. The lowest BCUT2D eigenvalue weighted by atomic mass is 9.99. The maximum atomic E-state index is 11.1. The topological polar surface area (TPSA) is 53.9 Å². The number of carbonyl (C=O) groups excluding carboxylic acids is 1. The Morgan fingerprint density at radius 2 is 2.04 bits per heavy atom. The molecule has 1 aliphatic rings. The van der Waals surface area contributed by atoms with Crippen molar-refractivity contribution in [2.24, 2.45) is 4.99 Å². The summed E-state index contributed by atoms with van der Waals surface area (Å²) in [6.45, 7) is 2.95. The van der Waals surface area contributed by atoms with Crippen LogP contribution in [0.5, 0.6) is 0 Å². The molecule has 0 spiro atoms. The van der Waals surface area contributed by atoms with Crippen LogP contribution >= 0.6 is 24.0 Å². The summed E-state index contributed by atoms with van der Waals surface area (Å²) >= 11 is 0.